The van der Waals surface area contributed by atoms with Crippen LogP contribution in [-0.2, 0) is 4.79 Å². The van der Waals surface area contributed by atoms with E-state index >= 15 is 0 Å². The van der Waals surface area contributed by atoms with Crippen LogP contribution in [0.1, 0.15) is 57.3 Å². The zero-order valence-electron chi connectivity index (χ0n) is 12.7. The normalized spacial score (nSPS) is 30.8. The zero-order valence-corrected chi connectivity index (χ0v) is 12.7. The van der Waals surface area contributed by atoms with Gasteiger partial charge in [-0.25, -0.2) is 0 Å². The van der Waals surface area contributed by atoms with Crippen LogP contribution in [0.4, 0.5) is 0 Å². The molecule has 0 bridgehead atoms. The van der Waals surface area contributed by atoms with Crippen molar-refractivity contribution in [3.05, 3.63) is 24.2 Å². The summed E-state index contributed by atoms with van der Waals surface area (Å²) in [6.07, 6.45) is 6.97. The van der Waals surface area contributed by atoms with Gasteiger partial charge in [-0.05, 0) is 37.3 Å². The average Bonchev–Trinajstić information content (AvgIpc) is 3.03. The van der Waals surface area contributed by atoms with Gasteiger partial charge < -0.3 is 14.4 Å². The third-order valence-corrected chi connectivity index (χ3v) is 4.95. The summed E-state index contributed by atoms with van der Waals surface area (Å²) < 4.78 is 5.29. The lowest BCUT2D eigenvalue weighted by molar-refractivity contribution is -0.135. The Morgan fingerprint density at radius 3 is 2.95 bits per heavy atom. The van der Waals surface area contributed by atoms with Gasteiger partial charge in [0.2, 0.25) is 5.91 Å². The highest BCUT2D eigenvalue weighted by Crippen LogP contribution is 2.40. The number of hydrogen-bond acceptors (Lipinski definition) is 3. The van der Waals surface area contributed by atoms with E-state index in [1.54, 1.807) is 18.4 Å². The first-order chi connectivity index (χ1) is 10.2. The lowest BCUT2D eigenvalue weighted by Gasteiger charge is -2.31. The molecule has 2 aliphatic rings. The predicted molar refractivity (Wildman–Crippen MR) is 79.5 cm³/mol. The molecular weight excluding hydrogens is 266 g/mol. The third kappa shape index (κ3) is 3.31. The van der Waals surface area contributed by atoms with Crippen molar-refractivity contribution in [1.82, 2.24) is 4.90 Å². The maximum Gasteiger partial charge on any atom is 0.226 e. The molecule has 4 unspecified atom stereocenters. The number of likely N-dealkylation sites (tertiary alicyclic amines) is 1. The number of aliphatic hydroxyl groups is 1. The third-order valence-electron chi connectivity index (χ3n) is 4.95. The molecule has 1 N–H and O–H groups in total. The molecule has 0 spiro atoms. The molecule has 1 saturated carbocycles. The Hall–Kier alpha value is -1.29. The van der Waals surface area contributed by atoms with E-state index in [-0.39, 0.29) is 12.0 Å². The summed E-state index contributed by atoms with van der Waals surface area (Å²) >= 11 is 0. The monoisotopic (exact) mass is 291 g/mol. The van der Waals surface area contributed by atoms with E-state index in [1.807, 2.05) is 4.90 Å². The van der Waals surface area contributed by atoms with Gasteiger partial charge in [-0.3, -0.25) is 4.79 Å². The molecule has 4 nitrogen and oxygen atoms in total. The van der Waals surface area contributed by atoms with E-state index in [4.69, 9.17) is 4.42 Å². The number of nitrogens with zero attached hydrogens (tertiary/aromatic N) is 1. The minimum Gasteiger partial charge on any atom is -0.467 e. The topological polar surface area (TPSA) is 53.7 Å². The first kappa shape index (κ1) is 14.6. The van der Waals surface area contributed by atoms with Crippen molar-refractivity contribution in [3.8, 4) is 0 Å². The second-order valence-electron chi connectivity index (χ2n) is 6.62. The van der Waals surface area contributed by atoms with Gasteiger partial charge in [-0.2, -0.15) is 0 Å². The zero-order chi connectivity index (χ0) is 14.8. The van der Waals surface area contributed by atoms with Gasteiger partial charge in [-0.1, -0.05) is 19.8 Å². The molecule has 1 aliphatic heterocycles. The Bertz CT molecular complexity index is 470. The van der Waals surface area contributed by atoms with E-state index in [9.17, 15) is 9.90 Å². The summed E-state index contributed by atoms with van der Waals surface area (Å²) in [6, 6.07) is 3.74. The van der Waals surface area contributed by atoms with Crippen molar-refractivity contribution in [2.24, 2.45) is 11.8 Å². The second kappa shape index (κ2) is 6.22. The van der Waals surface area contributed by atoms with Crippen molar-refractivity contribution in [3.63, 3.8) is 0 Å². The lowest BCUT2D eigenvalue weighted by Crippen LogP contribution is -2.42. The van der Waals surface area contributed by atoms with Crippen LogP contribution in [0.3, 0.4) is 0 Å². The van der Waals surface area contributed by atoms with Crippen LogP contribution in [0.25, 0.3) is 0 Å². The quantitative estimate of drug-likeness (QED) is 0.927. The lowest BCUT2D eigenvalue weighted by atomic mass is 10.0. The van der Waals surface area contributed by atoms with Crippen LogP contribution in [0.15, 0.2) is 22.8 Å². The fraction of sp³-hybridized carbons (Fsp3) is 0.706. The summed E-state index contributed by atoms with van der Waals surface area (Å²) in [5.74, 6) is 1.68. The smallest absolute Gasteiger partial charge is 0.226 e. The first-order valence-corrected chi connectivity index (χ1v) is 8.18. The summed E-state index contributed by atoms with van der Waals surface area (Å²) in [6.45, 7) is 2.99. The molecule has 1 aliphatic carbocycles. The first-order valence-electron chi connectivity index (χ1n) is 8.18. The van der Waals surface area contributed by atoms with Crippen molar-refractivity contribution < 1.29 is 14.3 Å². The molecule has 21 heavy (non-hydrogen) atoms. The summed E-state index contributed by atoms with van der Waals surface area (Å²) in [7, 11) is 0. The average molecular weight is 291 g/mol. The number of carbonyl (C=O) groups is 1. The molecule has 0 radical (unpaired) electrons. The van der Waals surface area contributed by atoms with Gasteiger partial charge in [0.15, 0.2) is 0 Å². The van der Waals surface area contributed by atoms with Gasteiger partial charge in [0.1, 0.15) is 11.9 Å². The minimum absolute atomic E-state index is 0.146. The number of carbonyl (C=O) groups excluding carboxylic acids is 1. The highest BCUT2D eigenvalue weighted by Gasteiger charge is 2.43. The number of hydrogen-bond donors (Lipinski definition) is 1. The van der Waals surface area contributed by atoms with Gasteiger partial charge in [0, 0.05) is 24.9 Å². The fourth-order valence-corrected chi connectivity index (χ4v) is 3.45. The van der Waals surface area contributed by atoms with Crippen LogP contribution in [-0.4, -0.2) is 28.5 Å². The molecule has 2 fully saturated rings. The molecule has 1 aromatic heterocycles. The summed E-state index contributed by atoms with van der Waals surface area (Å²) in [5.41, 5.74) is 0. The molecular formula is C17H25NO3. The maximum absolute atomic E-state index is 12.6. The van der Waals surface area contributed by atoms with Gasteiger partial charge in [0.05, 0.1) is 6.26 Å². The van der Waals surface area contributed by atoms with E-state index in [2.05, 4.69) is 6.92 Å². The largest absolute Gasteiger partial charge is 0.467 e. The SMILES string of the molecule is CC1CC1C(=O)N1CCCCCC1CC(O)c1ccco1. The number of furan rings is 1. The summed E-state index contributed by atoms with van der Waals surface area (Å²) in [5, 5.41) is 10.3. The molecule has 116 valence electrons. The van der Waals surface area contributed by atoms with Crippen LogP contribution >= 0.6 is 0 Å². The Kier molecular flexibility index (Phi) is 4.34. The van der Waals surface area contributed by atoms with Crippen molar-refractivity contribution in [1.29, 1.82) is 0 Å². The van der Waals surface area contributed by atoms with E-state index < -0.39 is 6.10 Å². The van der Waals surface area contributed by atoms with E-state index in [0.717, 1.165) is 32.2 Å². The standard InChI is InChI=1S/C17H25NO3/c1-12-10-14(12)17(20)18-8-4-2-3-6-13(18)11-15(19)16-7-5-9-21-16/h5,7,9,12-15,19H,2-4,6,8,10-11H2,1H3. The fourth-order valence-electron chi connectivity index (χ4n) is 3.45. The molecule has 4 heteroatoms. The van der Waals surface area contributed by atoms with Gasteiger partial charge in [-0.15, -0.1) is 0 Å². The second-order valence-corrected chi connectivity index (χ2v) is 6.62. The minimum atomic E-state index is -0.616. The van der Waals surface area contributed by atoms with Crippen LogP contribution < -0.4 is 0 Å². The van der Waals surface area contributed by atoms with Crippen molar-refractivity contribution >= 4 is 5.91 Å². The molecule has 3 rings (SSSR count). The number of amides is 1. The molecule has 1 saturated heterocycles. The molecule has 2 heterocycles. The van der Waals surface area contributed by atoms with Gasteiger partial charge >= 0.3 is 0 Å². The van der Waals surface area contributed by atoms with Crippen LogP contribution in [0, 0.1) is 11.8 Å². The highest BCUT2D eigenvalue weighted by molar-refractivity contribution is 5.82. The predicted octanol–water partition coefficient (Wildman–Crippen LogP) is 3.13. The molecule has 4 atom stereocenters. The number of rotatable bonds is 4. The van der Waals surface area contributed by atoms with Crippen LogP contribution in [0.5, 0.6) is 0 Å². The van der Waals surface area contributed by atoms with Crippen LogP contribution in [0.2, 0.25) is 0 Å². The Morgan fingerprint density at radius 1 is 1.48 bits per heavy atom. The van der Waals surface area contributed by atoms with Gasteiger partial charge in [0.25, 0.3) is 0 Å². The highest BCUT2D eigenvalue weighted by atomic mass is 16.4. The van der Waals surface area contributed by atoms with E-state index in [1.165, 1.54) is 6.42 Å². The van der Waals surface area contributed by atoms with E-state index in [0.29, 0.717) is 24.0 Å². The molecule has 0 aromatic carbocycles. The Balaban J connectivity index is 1.68. The van der Waals surface area contributed by atoms with Crippen molar-refractivity contribution in [2.45, 2.75) is 57.6 Å². The maximum atomic E-state index is 12.6. The Morgan fingerprint density at radius 2 is 2.29 bits per heavy atom. The molecule has 1 amide bonds. The summed E-state index contributed by atoms with van der Waals surface area (Å²) in [4.78, 5) is 14.7. The molecule has 1 aromatic rings. The number of aliphatic hydroxyl groups excluding tert-OH is 1. The Labute approximate surface area is 126 Å². The van der Waals surface area contributed by atoms with Crippen molar-refractivity contribution in [2.75, 3.05) is 6.54 Å².